The third kappa shape index (κ3) is 2.69. The summed E-state index contributed by atoms with van der Waals surface area (Å²) in [7, 11) is 0. The number of halogens is 1. The molecule has 2 heterocycles. The van der Waals surface area contributed by atoms with Crippen LogP contribution in [0.2, 0.25) is 0 Å². The summed E-state index contributed by atoms with van der Waals surface area (Å²) in [5, 5.41) is 14.8. The van der Waals surface area contributed by atoms with Crippen LogP contribution in [0.25, 0.3) is 5.78 Å². The Bertz CT molecular complexity index is 939. The minimum absolute atomic E-state index is 0.172. The second-order valence-corrected chi connectivity index (χ2v) is 4.49. The first kappa shape index (κ1) is 14.5. The number of fused-ring (bicyclic) bond motifs is 1. The molecule has 10 heteroatoms. The lowest BCUT2D eigenvalue weighted by Gasteiger charge is -2.02. The van der Waals surface area contributed by atoms with Gasteiger partial charge in [0.15, 0.2) is 0 Å². The van der Waals surface area contributed by atoms with E-state index in [2.05, 4.69) is 15.1 Å². The second-order valence-electron chi connectivity index (χ2n) is 4.49. The quantitative estimate of drug-likeness (QED) is 0.312. The lowest BCUT2D eigenvalue weighted by molar-refractivity contribution is -0.385. The van der Waals surface area contributed by atoms with Crippen molar-refractivity contribution in [2.45, 2.75) is 6.92 Å². The van der Waals surface area contributed by atoms with Gasteiger partial charge < -0.3 is 4.74 Å². The lowest BCUT2D eigenvalue weighted by Crippen LogP contribution is -2.12. The van der Waals surface area contributed by atoms with E-state index in [0.717, 1.165) is 18.2 Å². The first-order chi connectivity index (χ1) is 11.0. The van der Waals surface area contributed by atoms with Crippen LogP contribution in [0.4, 0.5) is 10.1 Å². The maximum atomic E-state index is 13.2. The molecule has 0 fully saturated rings. The molecule has 1 aromatic carbocycles. The molecule has 0 bridgehead atoms. The molecule has 0 amide bonds. The predicted octanol–water partition coefficient (Wildman–Crippen LogP) is 1.70. The van der Waals surface area contributed by atoms with Crippen molar-refractivity contribution in [3.8, 4) is 5.75 Å². The molecule has 0 spiro atoms. The molecule has 2 aromatic heterocycles. The highest BCUT2D eigenvalue weighted by Gasteiger charge is 2.22. The Hall–Kier alpha value is -3.43. The molecule has 0 atom stereocenters. The molecule has 0 N–H and O–H groups in total. The topological polar surface area (TPSA) is 113 Å². The van der Waals surface area contributed by atoms with Crippen LogP contribution in [0.3, 0.4) is 0 Å². The maximum absolute atomic E-state index is 13.2. The van der Waals surface area contributed by atoms with Crippen molar-refractivity contribution in [3.05, 3.63) is 57.9 Å². The fraction of sp³-hybridized carbons (Fsp3) is 0.0769. The zero-order valence-electron chi connectivity index (χ0n) is 11.6. The summed E-state index contributed by atoms with van der Waals surface area (Å²) < 4.78 is 19.4. The molecule has 9 nitrogen and oxygen atoms in total. The minimum Gasteiger partial charge on any atom is -0.413 e. The van der Waals surface area contributed by atoms with Crippen molar-refractivity contribution in [3.63, 3.8) is 0 Å². The Labute approximate surface area is 127 Å². The number of carbonyl (C=O) groups excluding carboxylic acids is 1. The molecule has 0 saturated carbocycles. The summed E-state index contributed by atoms with van der Waals surface area (Å²) in [5.74, 6) is -2.53. The van der Waals surface area contributed by atoms with E-state index in [4.69, 9.17) is 4.74 Å². The summed E-state index contributed by atoms with van der Waals surface area (Å²) in [6.45, 7) is 1.73. The van der Waals surface area contributed by atoms with Gasteiger partial charge in [-0.05, 0) is 19.1 Å². The van der Waals surface area contributed by atoms with Gasteiger partial charge >= 0.3 is 11.7 Å². The van der Waals surface area contributed by atoms with E-state index in [0.29, 0.717) is 5.69 Å². The number of aromatic nitrogens is 4. The van der Waals surface area contributed by atoms with Gasteiger partial charge in [-0.1, -0.05) is 0 Å². The number of nitro benzene ring substituents is 1. The molecule has 0 aliphatic heterocycles. The highest BCUT2D eigenvalue weighted by molar-refractivity contribution is 5.88. The number of esters is 1. The van der Waals surface area contributed by atoms with E-state index in [1.165, 1.54) is 10.7 Å². The molecular weight excluding hydrogens is 309 g/mol. The smallest absolute Gasteiger partial charge is 0.383 e. The maximum Gasteiger partial charge on any atom is 0.383 e. The van der Waals surface area contributed by atoms with E-state index in [1.807, 2.05) is 0 Å². The Morgan fingerprint density at radius 2 is 2.17 bits per heavy atom. The van der Waals surface area contributed by atoms with E-state index in [1.54, 1.807) is 13.0 Å². The van der Waals surface area contributed by atoms with E-state index >= 15 is 0 Å². The third-order valence-corrected chi connectivity index (χ3v) is 2.93. The Morgan fingerprint density at radius 1 is 1.39 bits per heavy atom. The van der Waals surface area contributed by atoms with Gasteiger partial charge in [-0.25, -0.2) is 18.7 Å². The van der Waals surface area contributed by atoms with Gasteiger partial charge in [0, 0.05) is 24.0 Å². The number of carbonyl (C=O) groups is 1. The predicted molar refractivity (Wildman–Crippen MR) is 73.5 cm³/mol. The zero-order valence-corrected chi connectivity index (χ0v) is 11.6. The SMILES string of the molecule is Cc1ccnc2nc(C(=O)Oc3cc(F)ccc3[N+](=O)[O-])nn12. The van der Waals surface area contributed by atoms with Crippen molar-refractivity contribution in [1.29, 1.82) is 0 Å². The van der Waals surface area contributed by atoms with Gasteiger partial charge in [0.1, 0.15) is 5.82 Å². The number of nitrogens with zero attached hydrogens (tertiary/aromatic N) is 5. The van der Waals surface area contributed by atoms with Gasteiger partial charge in [0.25, 0.3) is 11.6 Å². The average molecular weight is 317 g/mol. The normalized spacial score (nSPS) is 10.7. The molecule has 0 saturated heterocycles. The molecule has 23 heavy (non-hydrogen) atoms. The van der Waals surface area contributed by atoms with Gasteiger partial charge in [-0.15, -0.1) is 5.10 Å². The van der Waals surface area contributed by atoms with Crippen molar-refractivity contribution >= 4 is 17.4 Å². The van der Waals surface area contributed by atoms with Crippen LogP contribution >= 0.6 is 0 Å². The molecule has 116 valence electrons. The monoisotopic (exact) mass is 317 g/mol. The standard InChI is InChI=1S/C13H8FN5O4/c1-7-4-5-15-13-16-11(17-18(7)13)12(20)23-10-6-8(14)2-3-9(10)19(21)22/h2-6H,1H3. The number of hydrogen-bond acceptors (Lipinski definition) is 7. The fourth-order valence-corrected chi connectivity index (χ4v) is 1.86. The molecule has 0 unspecified atom stereocenters. The van der Waals surface area contributed by atoms with Crippen LogP contribution in [0.5, 0.6) is 5.75 Å². The number of benzene rings is 1. The lowest BCUT2D eigenvalue weighted by atomic mass is 10.3. The number of hydrogen-bond donors (Lipinski definition) is 0. The minimum atomic E-state index is -1.05. The first-order valence-corrected chi connectivity index (χ1v) is 6.30. The van der Waals surface area contributed by atoms with Crippen molar-refractivity contribution in [2.24, 2.45) is 0 Å². The van der Waals surface area contributed by atoms with Crippen LogP contribution in [-0.2, 0) is 0 Å². The number of rotatable bonds is 3. The van der Waals surface area contributed by atoms with Crippen LogP contribution in [0, 0.1) is 22.9 Å². The van der Waals surface area contributed by atoms with Crippen LogP contribution in [-0.4, -0.2) is 30.5 Å². The molecule has 3 rings (SSSR count). The van der Waals surface area contributed by atoms with Crippen LogP contribution in [0.1, 0.15) is 16.3 Å². The highest BCUT2D eigenvalue weighted by atomic mass is 19.1. The summed E-state index contributed by atoms with van der Waals surface area (Å²) in [6, 6.07) is 4.20. The van der Waals surface area contributed by atoms with Gasteiger partial charge in [0.05, 0.1) is 4.92 Å². The molecule has 3 aromatic rings. The molecular formula is C13H8FN5O4. The number of aryl methyl sites for hydroxylation is 1. The highest BCUT2D eigenvalue weighted by Crippen LogP contribution is 2.28. The summed E-state index contributed by atoms with van der Waals surface area (Å²) in [5.41, 5.74) is 0.135. The molecule has 0 aliphatic rings. The van der Waals surface area contributed by atoms with Crippen molar-refractivity contribution < 1.29 is 18.8 Å². The Balaban J connectivity index is 1.96. The molecule has 0 aliphatic carbocycles. The first-order valence-electron chi connectivity index (χ1n) is 6.30. The molecule has 0 radical (unpaired) electrons. The van der Waals surface area contributed by atoms with Crippen molar-refractivity contribution in [2.75, 3.05) is 0 Å². The fourth-order valence-electron chi connectivity index (χ4n) is 1.86. The zero-order chi connectivity index (χ0) is 16.6. The third-order valence-electron chi connectivity index (χ3n) is 2.93. The largest absolute Gasteiger partial charge is 0.413 e. The van der Waals surface area contributed by atoms with Gasteiger partial charge in [0.2, 0.25) is 5.75 Å². The summed E-state index contributed by atoms with van der Waals surface area (Å²) >= 11 is 0. The van der Waals surface area contributed by atoms with Crippen LogP contribution < -0.4 is 4.74 Å². The summed E-state index contributed by atoms with van der Waals surface area (Å²) in [6.07, 6.45) is 1.49. The Morgan fingerprint density at radius 3 is 2.87 bits per heavy atom. The van der Waals surface area contributed by atoms with Gasteiger partial charge in [-0.2, -0.15) is 4.98 Å². The second kappa shape index (κ2) is 5.40. The number of nitro groups is 1. The number of ether oxygens (including phenoxy) is 1. The van der Waals surface area contributed by atoms with Crippen molar-refractivity contribution in [1.82, 2.24) is 19.6 Å². The van der Waals surface area contributed by atoms with E-state index in [9.17, 15) is 19.3 Å². The Kier molecular flexibility index (Phi) is 3.41. The summed E-state index contributed by atoms with van der Waals surface area (Å²) in [4.78, 5) is 29.9. The average Bonchev–Trinajstić information content (AvgIpc) is 2.92. The van der Waals surface area contributed by atoms with E-state index in [-0.39, 0.29) is 11.6 Å². The van der Waals surface area contributed by atoms with Crippen LogP contribution in [0.15, 0.2) is 30.5 Å². The van der Waals surface area contributed by atoms with Gasteiger partial charge in [-0.3, -0.25) is 10.1 Å². The van der Waals surface area contributed by atoms with E-state index < -0.39 is 28.1 Å².